The zero-order valence-electron chi connectivity index (χ0n) is 8.40. The van der Waals surface area contributed by atoms with E-state index in [4.69, 9.17) is 5.11 Å². The minimum Gasteiger partial charge on any atom is -0.478 e. The predicted octanol–water partition coefficient (Wildman–Crippen LogP) is 1.63. The molecule has 0 aromatic carbocycles. The fourth-order valence-electron chi connectivity index (χ4n) is 1.25. The molecule has 1 heterocycles. The largest absolute Gasteiger partial charge is 0.478 e. The summed E-state index contributed by atoms with van der Waals surface area (Å²) in [4.78, 5) is 16.7. The van der Waals surface area contributed by atoms with Crippen molar-refractivity contribution in [2.24, 2.45) is 0 Å². The zero-order chi connectivity index (χ0) is 10.6. The van der Waals surface area contributed by atoms with Gasteiger partial charge in [0.05, 0.1) is 5.56 Å². The minimum absolute atomic E-state index is 0.223. The molecule has 0 aliphatic rings. The van der Waals surface area contributed by atoms with Crippen LogP contribution in [0.4, 0.5) is 5.82 Å². The van der Waals surface area contributed by atoms with Crippen molar-refractivity contribution >= 4 is 11.8 Å². The van der Waals surface area contributed by atoms with Crippen molar-refractivity contribution in [2.45, 2.75) is 13.8 Å². The molecule has 0 spiro atoms. The van der Waals surface area contributed by atoms with Gasteiger partial charge in [-0.15, -0.1) is 0 Å². The summed E-state index contributed by atoms with van der Waals surface area (Å²) in [6.07, 6.45) is 1.38. The van der Waals surface area contributed by atoms with Crippen molar-refractivity contribution in [2.75, 3.05) is 18.0 Å². The van der Waals surface area contributed by atoms with Gasteiger partial charge in [0.15, 0.2) is 0 Å². The summed E-state index contributed by atoms with van der Waals surface area (Å²) in [7, 11) is 0. The van der Waals surface area contributed by atoms with Gasteiger partial charge in [0.2, 0.25) is 0 Å². The van der Waals surface area contributed by atoms with Gasteiger partial charge in [0.1, 0.15) is 5.82 Å². The van der Waals surface area contributed by atoms with Crippen LogP contribution in [0.15, 0.2) is 18.3 Å². The van der Waals surface area contributed by atoms with Crippen molar-refractivity contribution in [3.05, 3.63) is 23.9 Å². The Bertz CT molecular complexity index is 304. The Morgan fingerprint density at radius 3 is 2.43 bits per heavy atom. The first-order chi connectivity index (χ1) is 6.69. The highest BCUT2D eigenvalue weighted by Gasteiger charge is 2.05. The highest BCUT2D eigenvalue weighted by atomic mass is 16.4. The predicted molar refractivity (Wildman–Crippen MR) is 54.8 cm³/mol. The molecule has 76 valence electrons. The second kappa shape index (κ2) is 4.60. The van der Waals surface area contributed by atoms with E-state index in [1.54, 1.807) is 12.1 Å². The number of nitrogens with zero attached hydrogens (tertiary/aromatic N) is 2. The van der Waals surface area contributed by atoms with E-state index < -0.39 is 5.97 Å². The van der Waals surface area contributed by atoms with Crippen LogP contribution in [0.5, 0.6) is 0 Å². The first kappa shape index (κ1) is 10.5. The van der Waals surface area contributed by atoms with E-state index >= 15 is 0 Å². The lowest BCUT2D eigenvalue weighted by molar-refractivity contribution is 0.0696. The molecule has 1 aromatic heterocycles. The topological polar surface area (TPSA) is 53.4 Å². The summed E-state index contributed by atoms with van der Waals surface area (Å²) >= 11 is 0. The number of aromatic carboxylic acids is 1. The first-order valence-electron chi connectivity index (χ1n) is 4.63. The molecule has 0 unspecified atom stereocenters. The molecule has 4 heteroatoms. The van der Waals surface area contributed by atoms with Crippen molar-refractivity contribution in [1.82, 2.24) is 4.98 Å². The van der Waals surface area contributed by atoms with Crippen LogP contribution < -0.4 is 4.90 Å². The fourth-order valence-corrected chi connectivity index (χ4v) is 1.25. The van der Waals surface area contributed by atoms with E-state index in [0.717, 1.165) is 18.9 Å². The Morgan fingerprint density at radius 2 is 2.07 bits per heavy atom. The average molecular weight is 194 g/mol. The van der Waals surface area contributed by atoms with Crippen LogP contribution in [0, 0.1) is 0 Å². The fraction of sp³-hybridized carbons (Fsp3) is 0.400. The van der Waals surface area contributed by atoms with Crippen LogP contribution in [0.25, 0.3) is 0 Å². The Morgan fingerprint density at radius 1 is 1.43 bits per heavy atom. The molecule has 0 aliphatic heterocycles. The van der Waals surface area contributed by atoms with Gasteiger partial charge >= 0.3 is 5.97 Å². The first-order valence-corrected chi connectivity index (χ1v) is 4.63. The molecule has 0 saturated carbocycles. The summed E-state index contributed by atoms with van der Waals surface area (Å²) < 4.78 is 0. The van der Waals surface area contributed by atoms with Crippen molar-refractivity contribution in [3.8, 4) is 0 Å². The molecule has 0 bridgehead atoms. The van der Waals surface area contributed by atoms with Crippen molar-refractivity contribution in [1.29, 1.82) is 0 Å². The van der Waals surface area contributed by atoms with E-state index in [-0.39, 0.29) is 5.56 Å². The minimum atomic E-state index is -0.941. The second-order valence-corrected chi connectivity index (χ2v) is 2.88. The molecule has 0 fully saturated rings. The number of pyridine rings is 1. The lowest BCUT2D eigenvalue weighted by atomic mass is 10.3. The van der Waals surface area contributed by atoms with Gasteiger partial charge < -0.3 is 10.0 Å². The summed E-state index contributed by atoms with van der Waals surface area (Å²) in [6.45, 7) is 5.82. The molecular weight excluding hydrogens is 180 g/mol. The molecule has 1 N–H and O–H groups in total. The van der Waals surface area contributed by atoms with Gasteiger partial charge in [0, 0.05) is 19.3 Å². The number of hydrogen-bond donors (Lipinski definition) is 1. The third-order valence-corrected chi connectivity index (χ3v) is 2.08. The number of aromatic nitrogens is 1. The lowest BCUT2D eigenvalue weighted by Crippen LogP contribution is -2.22. The van der Waals surface area contributed by atoms with Crippen LogP contribution in [-0.2, 0) is 0 Å². The third-order valence-electron chi connectivity index (χ3n) is 2.08. The van der Waals surface area contributed by atoms with Crippen LogP contribution >= 0.6 is 0 Å². The summed E-state index contributed by atoms with van der Waals surface area (Å²) in [6, 6.07) is 3.30. The maximum Gasteiger partial charge on any atom is 0.337 e. The van der Waals surface area contributed by atoms with Crippen LogP contribution in [0.3, 0.4) is 0 Å². The van der Waals surface area contributed by atoms with Crippen molar-refractivity contribution < 1.29 is 9.90 Å². The molecule has 1 aromatic rings. The maximum absolute atomic E-state index is 10.6. The highest BCUT2D eigenvalue weighted by molar-refractivity contribution is 5.87. The van der Waals surface area contributed by atoms with Gasteiger partial charge in [-0.1, -0.05) is 0 Å². The quantitative estimate of drug-likeness (QED) is 0.791. The van der Waals surface area contributed by atoms with E-state index in [1.165, 1.54) is 6.20 Å². The number of carboxylic acid groups (broad SMARTS) is 1. The average Bonchev–Trinajstić information content (AvgIpc) is 2.20. The zero-order valence-corrected chi connectivity index (χ0v) is 8.40. The van der Waals surface area contributed by atoms with Gasteiger partial charge in [-0.2, -0.15) is 0 Å². The van der Waals surface area contributed by atoms with Gasteiger partial charge in [-0.3, -0.25) is 0 Å². The number of carbonyl (C=O) groups is 1. The standard InChI is InChI=1S/C10H14N2O2/c1-3-12(4-2)9-6-5-8(7-11-9)10(13)14/h5-7H,3-4H2,1-2H3,(H,13,14). The monoisotopic (exact) mass is 194 g/mol. The lowest BCUT2D eigenvalue weighted by Gasteiger charge is -2.19. The molecular formula is C10H14N2O2. The maximum atomic E-state index is 10.6. The van der Waals surface area contributed by atoms with Gasteiger partial charge in [-0.25, -0.2) is 9.78 Å². The van der Waals surface area contributed by atoms with Gasteiger partial charge in [-0.05, 0) is 26.0 Å². The summed E-state index contributed by atoms with van der Waals surface area (Å²) in [5.41, 5.74) is 0.223. The number of anilines is 1. The van der Waals surface area contributed by atoms with E-state index in [1.807, 2.05) is 13.8 Å². The molecule has 0 amide bonds. The Balaban J connectivity index is 2.87. The Kier molecular flexibility index (Phi) is 3.45. The number of carboxylic acids is 1. The smallest absolute Gasteiger partial charge is 0.337 e. The molecule has 1 rings (SSSR count). The summed E-state index contributed by atoms with van der Waals surface area (Å²) in [5, 5.41) is 8.68. The van der Waals surface area contributed by atoms with E-state index in [9.17, 15) is 4.79 Å². The third kappa shape index (κ3) is 2.22. The number of rotatable bonds is 4. The van der Waals surface area contributed by atoms with Crippen molar-refractivity contribution in [3.63, 3.8) is 0 Å². The molecule has 14 heavy (non-hydrogen) atoms. The van der Waals surface area contributed by atoms with Crippen LogP contribution in [0.1, 0.15) is 24.2 Å². The molecule has 4 nitrogen and oxygen atoms in total. The SMILES string of the molecule is CCN(CC)c1ccc(C(=O)O)cn1. The summed E-state index contributed by atoms with van der Waals surface area (Å²) in [5.74, 6) is -0.122. The molecule has 0 aliphatic carbocycles. The second-order valence-electron chi connectivity index (χ2n) is 2.88. The van der Waals surface area contributed by atoms with Crippen LogP contribution in [-0.4, -0.2) is 29.1 Å². The normalized spacial score (nSPS) is 9.86. The number of hydrogen-bond acceptors (Lipinski definition) is 3. The molecule has 0 radical (unpaired) electrons. The molecule has 0 atom stereocenters. The molecule has 0 saturated heterocycles. The Hall–Kier alpha value is -1.58. The van der Waals surface area contributed by atoms with Gasteiger partial charge in [0.25, 0.3) is 0 Å². The van der Waals surface area contributed by atoms with E-state index in [2.05, 4.69) is 9.88 Å². The Labute approximate surface area is 83.2 Å². The van der Waals surface area contributed by atoms with Crippen LogP contribution in [0.2, 0.25) is 0 Å². The van der Waals surface area contributed by atoms with E-state index in [0.29, 0.717) is 0 Å². The highest BCUT2D eigenvalue weighted by Crippen LogP contribution is 2.10.